The van der Waals surface area contributed by atoms with Crippen LogP contribution in [-0.4, -0.2) is 5.11 Å². The summed E-state index contributed by atoms with van der Waals surface area (Å²) in [5, 5.41) is 9.38. The number of rotatable bonds is 2. The molecule has 2 nitrogen and oxygen atoms in total. The molecule has 90 valence electrons. The lowest BCUT2D eigenvalue weighted by atomic mass is 10.1. The zero-order valence-electron chi connectivity index (χ0n) is 9.50. The van der Waals surface area contributed by atoms with E-state index in [4.69, 9.17) is 4.42 Å². The Morgan fingerprint density at radius 3 is 2.65 bits per heavy atom. The molecule has 0 aliphatic carbocycles. The molecule has 1 atom stereocenters. The van der Waals surface area contributed by atoms with Crippen LogP contribution in [0.4, 0.5) is 4.39 Å². The average Bonchev–Trinajstić information content (AvgIpc) is 2.72. The van der Waals surface area contributed by atoms with Gasteiger partial charge in [-0.25, -0.2) is 4.39 Å². The summed E-state index contributed by atoms with van der Waals surface area (Å²) in [5.74, 6) is 0.702. The van der Waals surface area contributed by atoms with Crippen molar-refractivity contribution in [3.8, 4) is 11.3 Å². The second kappa shape index (κ2) is 4.63. The van der Waals surface area contributed by atoms with Crippen molar-refractivity contribution in [3.05, 3.63) is 45.9 Å². The Hall–Kier alpha value is -1.13. The number of aliphatic hydroxyl groups is 1. The van der Waals surface area contributed by atoms with Crippen LogP contribution in [0.3, 0.4) is 0 Å². The lowest BCUT2D eigenvalue weighted by Gasteiger charge is -2.05. The van der Waals surface area contributed by atoms with Gasteiger partial charge in [0.25, 0.3) is 0 Å². The molecular formula is C13H12BrFO2. The third-order valence-corrected chi connectivity index (χ3v) is 3.18. The van der Waals surface area contributed by atoms with Gasteiger partial charge in [-0.05, 0) is 59.6 Å². The first-order valence-corrected chi connectivity index (χ1v) is 6.02. The van der Waals surface area contributed by atoms with Crippen molar-refractivity contribution in [1.29, 1.82) is 0 Å². The molecule has 2 rings (SSSR count). The van der Waals surface area contributed by atoms with E-state index in [1.54, 1.807) is 25.1 Å². The molecule has 4 heteroatoms. The molecule has 1 aromatic carbocycles. The van der Waals surface area contributed by atoms with Crippen LogP contribution in [0.1, 0.15) is 24.4 Å². The minimum absolute atomic E-state index is 0.333. The van der Waals surface area contributed by atoms with Crippen molar-refractivity contribution in [2.75, 3.05) is 0 Å². The molecule has 1 aromatic heterocycles. The maximum atomic E-state index is 13.5. The standard InChI is InChI=1S/C13H12BrFO2/c1-7-5-10(14)11(15)6-9(7)13-4-3-12(17-13)8(2)16/h3-6,8,16H,1-2H3. The quantitative estimate of drug-likeness (QED) is 0.901. The largest absolute Gasteiger partial charge is 0.458 e. The van der Waals surface area contributed by atoms with Gasteiger partial charge in [-0.1, -0.05) is 0 Å². The van der Waals surface area contributed by atoms with Gasteiger partial charge in [-0.2, -0.15) is 0 Å². The van der Waals surface area contributed by atoms with E-state index < -0.39 is 6.10 Å². The summed E-state index contributed by atoms with van der Waals surface area (Å²) in [4.78, 5) is 0. The van der Waals surface area contributed by atoms with Crippen LogP contribution in [0, 0.1) is 12.7 Å². The minimum Gasteiger partial charge on any atom is -0.458 e. The Labute approximate surface area is 107 Å². The highest BCUT2D eigenvalue weighted by Crippen LogP contribution is 2.31. The van der Waals surface area contributed by atoms with Crippen LogP contribution in [0.15, 0.2) is 33.2 Å². The highest BCUT2D eigenvalue weighted by atomic mass is 79.9. The van der Waals surface area contributed by atoms with Gasteiger partial charge in [-0.15, -0.1) is 0 Å². The van der Waals surface area contributed by atoms with Gasteiger partial charge in [0.05, 0.1) is 4.47 Å². The molecule has 1 unspecified atom stereocenters. The number of aliphatic hydroxyl groups excluding tert-OH is 1. The van der Waals surface area contributed by atoms with Crippen LogP contribution in [0.5, 0.6) is 0 Å². The molecule has 0 fully saturated rings. The first-order chi connectivity index (χ1) is 7.99. The summed E-state index contributed by atoms with van der Waals surface area (Å²) < 4.78 is 19.4. The Morgan fingerprint density at radius 2 is 2.06 bits per heavy atom. The fraction of sp³-hybridized carbons (Fsp3) is 0.231. The molecule has 17 heavy (non-hydrogen) atoms. The first kappa shape index (κ1) is 12.3. The molecule has 0 radical (unpaired) electrons. The van der Waals surface area contributed by atoms with Gasteiger partial charge < -0.3 is 9.52 Å². The van der Waals surface area contributed by atoms with Crippen LogP contribution >= 0.6 is 15.9 Å². The van der Waals surface area contributed by atoms with Crippen LogP contribution < -0.4 is 0 Å². The number of benzene rings is 1. The van der Waals surface area contributed by atoms with Crippen molar-refractivity contribution < 1.29 is 13.9 Å². The molecule has 0 spiro atoms. The van der Waals surface area contributed by atoms with Crippen molar-refractivity contribution in [2.45, 2.75) is 20.0 Å². The minimum atomic E-state index is -0.663. The fourth-order valence-electron chi connectivity index (χ4n) is 1.63. The van der Waals surface area contributed by atoms with Gasteiger partial charge in [0.15, 0.2) is 0 Å². The highest BCUT2D eigenvalue weighted by Gasteiger charge is 2.12. The summed E-state index contributed by atoms with van der Waals surface area (Å²) in [5.41, 5.74) is 1.60. The van der Waals surface area contributed by atoms with E-state index in [-0.39, 0.29) is 5.82 Å². The zero-order chi connectivity index (χ0) is 12.6. The molecule has 1 heterocycles. The summed E-state index contributed by atoms with van der Waals surface area (Å²) >= 11 is 3.14. The maximum absolute atomic E-state index is 13.5. The number of hydrogen-bond acceptors (Lipinski definition) is 2. The van der Waals surface area contributed by atoms with Gasteiger partial charge in [0.1, 0.15) is 23.4 Å². The monoisotopic (exact) mass is 298 g/mol. The van der Waals surface area contributed by atoms with Crippen LogP contribution in [-0.2, 0) is 0 Å². The van der Waals surface area contributed by atoms with E-state index in [9.17, 15) is 9.50 Å². The van der Waals surface area contributed by atoms with Crippen LogP contribution in [0.25, 0.3) is 11.3 Å². The predicted octanol–water partition coefficient (Wildman–Crippen LogP) is 4.21. The van der Waals surface area contributed by atoms with Crippen molar-refractivity contribution >= 4 is 15.9 Å². The Balaban J connectivity index is 2.49. The molecule has 1 N–H and O–H groups in total. The molecule has 2 aromatic rings. The summed E-state index contributed by atoms with van der Waals surface area (Å²) in [6.45, 7) is 3.50. The van der Waals surface area contributed by atoms with E-state index in [0.717, 1.165) is 5.56 Å². The highest BCUT2D eigenvalue weighted by molar-refractivity contribution is 9.10. The van der Waals surface area contributed by atoms with Crippen molar-refractivity contribution in [3.63, 3.8) is 0 Å². The van der Waals surface area contributed by atoms with E-state index >= 15 is 0 Å². The van der Waals surface area contributed by atoms with E-state index in [1.165, 1.54) is 6.07 Å². The predicted molar refractivity (Wildman–Crippen MR) is 67.2 cm³/mol. The SMILES string of the molecule is Cc1cc(Br)c(F)cc1-c1ccc(C(C)O)o1. The van der Waals surface area contributed by atoms with E-state index in [1.807, 2.05) is 6.92 Å². The third-order valence-electron chi connectivity index (χ3n) is 2.57. The summed E-state index contributed by atoms with van der Waals surface area (Å²) in [6, 6.07) is 6.55. The van der Waals surface area contributed by atoms with Gasteiger partial charge in [-0.3, -0.25) is 0 Å². The van der Waals surface area contributed by atoms with Gasteiger partial charge >= 0.3 is 0 Å². The smallest absolute Gasteiger partial charge is 0.138 e. The molecule has 0 saturated carbocycles. The number of aryl methyl sites for hydroxylation is 1. The molecule has 0 aliphatic rings. The second-order valence-corrected chi connectivity index (χ2v) is 4.81. The van der Waals surface area contributed by atoms with E-state index in [0.29, 0.717) is 21.6 Å². The average molecular weight is 299 g/mol. The topological polar surface area (TPSA) is 33.4 Å². The van der Waals surface area contributed by atoms with Crippen molar-refractivity contribution in [1.82, 2.24) is 0 Å². The third kappa shape index (κ3) is 2.42. The number of furan rings is 1. The van der Waals surface area contributed by atoms with E-state index in [2.05, 4.69) is 15.9 Å². The fourth-order valence-corrected chi connectivity index (χ4v) is 2.09. The Kier molecular flexibility index (Phi) is 3.35. The normalized spacial score (nSPS) is 12.8. The van der Waals surface area contributed by atoms with Crippen molar-refractivity contribution in [2.24, 2.45) is 0 Å². The lowest BCUT2D eigenvalue weighted by molar-refractivity contribution is 0.170. The number of halogens is 2. The molecule has 0 saturated heterocycles. The Morgan fingerprint density at radius 1 is 1.35 bits per heavy atom. The second-order valence-electron chi connectivity index (χ2n) is 3.96. The molecular weight excluding hydrogens is 287 g/mol. The summed E-state index contributed by atoms with van der Waals surface area (Å²) in [7, 11) is 0. The zero-order valence-corrected chi connectivity index (χ0v) is 11.1. The Bertz CT molecular complexity index is 546. The lowest BCUT2D eigenvalue weighted by Crippen LogP contribution is -1.87. The molecule has 0 amide bonds. The molecule has 0 bridgehead atoms. The first-order valence-electron chi connectivity index (χ1n) is 5.23. The van der Waals surface area contributed by atoms with Gasteiger partial charge in [0.2, 0.25) is 0 Å². The van der Waals surface area contributed by atoms with Gasteiger partial charge in [0, 0.05) is 5.56 Å². The number of hydrogen-bond donors (Lipinski definition) is 1. The summed E-state index contributed by atoms with van der Waals surface area (Å²) in [6.07, 6.45) is -0.663. The maximum Gasteiger partial charge on any atom is 0.138 e. The molecule has 0 aliphatic heterocycles. The van der Waals surface area contributed by atoms with Crippen LogP contribution in [0.2, 0.25) is 0 Å².